The van der Waals surface area contributed by atoms with E-state index in [-0.39, 0.29) is 11.4 Å². The van der Waals surface area contributed by atoms with Gasteiger partial charge >= 0.3 is 6.03 Å². The van der Waals surface area contributed by atoms with Gasteiger partial charge in [0.05, 0.1) is 6.33 Å². The van der Waals surface area contributed by atoms with Gasteiger partial charge in [0, 0.05) is 36.6 Å². The second-order valence-electron chi connectivity index (χ2n) is 8.31. The van der Waals surface area contributed by atoms with Gasteiger partial charge in [0.25, 0.3) is 0 Å². The van der Waals surface area contributed by atoms with Crippen LogP contribution in [0.1, 0.15) is 37.8 Å². The quantitative estimate of drug-likeness (QED) is 0.506. The van der Waals surface area contributed by atoms with Crippen molar-refractivity contribution in [3.8, 4) is 0 Å². The zero-order chi connectivity index (χ0) is 21.1. The molecule has 2 aromatic carbocycles. The largest absolute Gasteiger partial charge is 0.440 e. The summed E-state index contributed by atoms with van der Waals surface area (Å²) in [7, 11) is 0. The first kappa shape index (κ1) is 19.7. The molecule has 7 nitrogen and oxygen atoms in total. The third-order valence-corrected chi connectivity index (χ3v) is 4.66. The van der Waals surface area contributed by atoms with Crippen molar-refractivity contribution in [3.05, 3.63) is 78.2 Å². The van der Waals surface area contributed by atoms with E-state index in [0.717, 1.165) is 23.2 Å². The van der Waals surface area contributed by atoms with Gasteiger partial charge in [0.1, 0.15) is 5.52 Å². The van der Waals surface area contributed by atoms with Crippen LogP contribution in [0.15, 0.2) is 65.6 Å². The number of imidazole rings is 1. The van der Waals surface area contributed by atoms with Crippen LogP contribution in [-0.2, 0) is 18.5 Å². The molecule has 0 fully saturated rings. The molecule has 0 aliphatic carbocycles. The topological polar surface area (TPSA) is 85.0 Å². The molecular formula is C23H25N5O2. The van der Waals surface area contributed by atoms with E-state index in [1.165, 1.54) is 0 Å². The number of carbonyl (C=O) groups excluding carboxylic acids is 1. The lowest BCUT2D eigenvalue weighted by Gasteiger charge is -2.11. The number of hydrogen-bond donors (Lipinski definition) is 2. The second kappa shape index (κ2) is 8.02. The molecule has 0 radical (unpaired) electrons. The Hall–Kier alpha value is -3.61. The number of benzene rings is 2. The SMILES string of the molecule is CC(C)(C)c1nc2cc(NC(=O)NCc3cccc(Cn4ccnc4)c3)ccc2o1. The van der Waals surface area contributed by atoms with E-state index in [1.54, 1.807) is 12.5 Å². The lowest BCUT2D eigenvalue weighted by molar-refractivity contribution is 0.251. The highest BCUT2D eigenvalue weighted by molar-refractivity contribution is 5.91. The van der Waals surface area contributed by atoms with Crippen molar-refractivity contribution in [3.63, 3.8) is 0 Å². The maximum atomic E-state index is 12.3. The number of fused-ring (bicyclic) bond motifs is 1. The molecular weight excluding hydrogens is 378 g/mol. The minimum Gasteiger partial charge on any atom is -0.440 e. The third kappa shape index (κ3) is 4.68. The van der Waals surface area contributed by atoms with Crippen LogP contribution in [0.5, 0.6) is 0 Å². The van der Waals surface area contributed by atoms with Crippen molar-refractivity contribution < 1.29 is 9.21 Å². The van der Waals surface area contributed by atoms with E-state index in [1.807, 2.05) is 41.1 Å². The first-order valence-electron chi connectivity index (χ1n) is 9.86. The summed E-state index contributed by atoms with van der Waals surface area (Å²) in [6.07, 6.45) is 5.47. The van der Waals surface area contributed by atoms with Crippen LogP contribution in [0.2, 0.25) is 0 Å². The zero-order valence-corrected chi connectivity index (χ0v) is 17.3. The predicted octanol–water partition coefficient (Wildman–Crippen LogP) is 4.69. The smallest absolute Gasteiger partial charge is 0.319 e. The number of amides is 2. The summed E-state index contributed by atoms with van der Waals surface area (Å²) in [4.78, 5) is 20.9. The molecule has 154 valence electrons. The van der Waals surface area contributed by atoms with Crippen molar-refractivity contribution in [1.82, 2.24) is 19.9 Å². The summed E-state index contributed by atoms with van der Waals surface area (Å²) in [6, 6.07) is 13.3. The lowest BCUT2D eigenvalue weighted by atomic mass is 9.97. The molecule has 2 heterocycles. The molecule has 0 saturated heterocycles. The highest BCUT2D eigenvalue weighted by Gasteiger charge is 2.21. The van der Waals surface area contributed by atoms with Crippen LogP contribution in [0.4, 0.5) is 10.5 Å². The maximum Gasteiger partial charge on any atom is 0.319 e. The Labute approximate surface area is 175 Å². The highest BCUT2D eigenvalue weighted by Crippen LogP contribution is 2.27. The van der Waals surface area contributed by atoms with E-state index in [2.05, 4.69) is 53.5 Å². The summed E-state index contributed by atoms with van der Waals surface area (Å²) in [5.41, 5.74) is 4.12. The van der Waals surface area contributed by atoms with Gasteiger partial charge in [0.15, 0.2) is 5.58 Å². The normalized spacial score (nSPS) is 11.6. The van der Waals surface area contributed by atoms with E-state index in [0.29, 0.717) is 23.7 Å². The van der Waals surface area contributed by atoms with Crippen molar-refractivity contribution in [2.24, 2.45) is 0 Å². The van der Waals surface area contributed by atoms with E-state index < -0.39 is 0 Å². The summed E-state index contributed by atoms with van der Waals surface area (Å²) < 4.78 is 7.81. The molecule has 0 saturated carbocycles. The number of anilines is 1. The fraction of sp³-hybridized carbons (Fsp3) is 0.261. The van der Waals surface area contributed by atoms with E-state index >= 15 is 0 Å². The summed E-state index contributed by atoms with van der Waals surface area (Å²) >= 11 is 0. The highest BCUT2D eigenvalue weighted by atomic mass is 16.3. The van der Waals surface area contributed by atoms with Gasteiger partial charge in [0.2, 0.25) is 5.89 Å². The Morgan fingerprint density at radius 3 is 2.73 bits per heavy atom. The fourth-order valence-electron chi connectivity index (χ4n) is 3.11. The van der Waals surface area contributed by atoms with Gasteiger partial charge in [-0.15, -0.1) is 0 Å². The lowest BCUT2D eigenvalue weighted by Crippen LogP contribution is -2.28. The van der Waals surface area contributed by atoms with Crippen LogP contribution < -0.4 is 10.6 Å². The number of carbonyl (C=O) groups is 1. The van der Waals surface area contributed by atoms with Crippen LogP contribution in [0, 0.1) is 0 Å². The minimum absolute atomic E-state index is 0.170. The number of rotatable bonds is 5. The predicted molar refractivity (Wildman–Crippen MR) is 116 cm³/mol. The van der Waals surface area contributed by atoms with Gasteiger partial charge in [-0.2, -0.15) is 0 Å². The number of nitrogens with one attached hydrogen (secondary N) is 2. The first-order valence-corrected chi connectivity index (χ1v) is 9.86. The molecule has 0 atom stereocenters. The fourth-order valence-corrected chi connectivity index (χ4v) is 3.11. The van der Waals surface area contributed by atoms with Crippen LogP contribution >= 0.6 is 0 Å². The van der Waals surface area contributed by atoms with Crippen LogP contribution in [0.3, 0.4) is 0 Å². The maximum absolute atomic E-state index is 12.3. The molecule has 2 aromatic heterocycles. The molecule has 4 aromatic rings. The number of aromatic nitrogens is 3. The first-order chi connectivity index (χ1) is 14.4. The molecule has 0 bridgehead atoms. The van der Waals surface area contributed by atoms with Crippen LogP contribution in [-0.4, -0.2) is 20.6 Å². The van der Waals surface area contributed by atoms with Gasteiger partial charge < -0.3 is 19.6 Å². The Balaban J connectivity index is 1.37. The number of nitrogens with zero attached hydrogens (tertiary/aromatic N) is 3. The molecule has 0 unspecified atom stereocenters. The van der Waals surface area contributed by atoms with E-state index in [4.69, 9.17) is 4.42 Å². The standard InChI is InChI=1S/C23H25N5O2/c1-23(2,3)21-27-19-12-18(7-8-20(19)30-21)26-22(29)25-13-16-5-4-6-17(11-16)14-28-10-9-24-15-28/h4-12,15H,13-14H2,1-3H3,(H2,25,26,29). The van der Waals surface area contributed by atoms with Gasteiger partial charge in [-0.05, 0) is 29.3 Å². The third-order valence-electron chi connectivity index (χ3n) is 4.66. The number of urea groups is 1. The Bertz CT molecular complexity index is 1160. The number of oxazole rings is 1. The Morgan fingerprint density at radius 1 is 1.13 bits per heavy atom. The monoisotopic (exact) mass is 403 g/mol. The molecule has 0 aliphatic heterocycles. The van der Waals surface area contributed by atoms with Crippen molar-refractivity contribution in [2.45, 2.75) is 39.3 Å². The van der Waals surface area contributed by atoms with E-state index in [9.17, 15) is 4.79 Å². The average molecular weight is 403 g/mol. The van der Waals surface area contributed by atoms with Gasteiger partial charge in [-0.25, -0.2) is 14.8 Å². The second-order valence-corrected chi connectivity index (χ2v) is 8.31. The summed E-state index contributed by atoms with van der Waals surface area (Å²) in [5.74, 6) is 0.676. The molecule has 0 spiro atoms. The van der Waals surface area contributed by atoms with Crippen molar-refractivity contribution >= 4 is 22.8 Å². The minimum atomic E-state index is -0.270. The Morgan fingerprint density at radius 2 is 1.97 bits per heavy atom. The van der Waals surface area contributed by atoms with Crippen molar-refractivity contribution in [1.29, 1.82) is 0 Å². The molecule has 2 amide bonds. The van der Waals surface area contributed by atoms with Crippen molar-refractivity contribution in [2.75, 3.05) is 5.32 Å². The summed E-state index contributed by atoms with van der Waals surface area (Å²) in [6.45, 7) is 7.33. The molecule has 7 heteroatoms. The molecule has 4 rings (SSSR count). The summed E-state index contributed by atoms with van der Waals surface area (Å²) in [5, 5.41) is 5.76. The molecule has 2 N–H and O–H groups in total. The van der Waals surface area contributed by atoms with Crippen LogP contribution in [0.25, 0.3) is 11.1 Å². The average Bonchev–Trinajstić information content (AvgIpc) is 3.36. The molecule has 30 heavy (non-hydrogen) atoms. The Kier molecular flexibility index (Phi) is 5.27. The van der Waals surface area contributed by atoms with Gasteiger partial charge in [-0.1, -0.05) is 45.0 Å². The molecule has 0 aliphatic rings. The number of hydrogen-bond acceptors (Lipinski definition) is 4. The zero-order valence-electron chi connectivity index (χ0n) is 17.3. The van der Waals surface area contributed by atoms with Gasteiger partial charge in [-0.3, -0.25) is 0 Å².